The first kappa shape index (κ1) is 19.2. The van der Waals surface area contributed by atoms with E-state index in [9.17, 15) is 14.9 Å². The molecule has 0 saturated carbocycles. The van der Waals surface area contributed by atoms with Crippen LogP contribution < -0.4 is 10.1 Å². The molecule has 0 radical (unpaired) electrons. The number of rotatable bonds is 7. The van der Waals surface area contributed by atoms with Crippen LogP contribution >= 0.6 is 0 Å². The fourth-order valence-electron chi connectivity index (χ4n) is 2.79. The van der Waals surface area contributed by atoms with Gasteiger partial charge >= 0.3 is 0 Å². The van der Waals surface area contributed by atoms with Crippen LogP contribution in [0.3, 0.4) is 0 Å². The minimum absolute atomic E-state index is 0.00327. The summed E-state index contributed by atoms with van der Waals surface area (Å²) in [6, 6.07) is 15.4. The molecule has 3 aromatic rings. The second-order valence-electron chi connectivity index (χ2n) is 6.28. The highest BCUT2D eigenvalue weighted by atomic mass is 16.6. The summed E-state index contributed by atoms with van der Waals surface area (Å²) in [6.07, 6.45) is 0.685. The predicted octanol–water partition coefficient (Wildman–Crippen LogP) is 4.14. The van der Waals surface area contributed by atoms with Crippen molar-refractivity contribution in [2.45, 2.75) is 13.3 Å². The molecule has 1 heterocycles. The van der Waals surface area contributed by atoms with Gasteiger partial charge in [0.05, 0.1) is 12.0 Å². The highest BCUT2D eigenvalue weighted by Gasteiger charge is 2.17. The van der Waals surface area contributed by atoms with Gasteiger partial charge in [0.2, 0.25) is 0 Å². The number of carbonyl (C=O) groups excluding carboxylic acids is 1. The number of hydrogen-bond acceptors (Lipinski definition) is 5. The third kappa shape index (κ3) is 4.37. The molecule has 0 saturated heterocycles. The molecule has 3 rings (SSSR count). The molecule has 0 bridgehead atoms. The standard InChI is InChI=1S/C21H20N2O5/c1-14-13-19(16-5-7-17(8-6-16)23(25)26)28-20(14)21(24)22-12-11-15-3-9-18(27-2)10-4-15/h3-10,13H,11-12H2,1-2H3,(H,22,24). The van der Waals surface area contributed by atoms with Crippen molar-refractivity contribution >= 4 is 11.6 Å². The van der Waals surface area contributed by atoms with Crippen molar-refractivity contribution in [3.63, 3.8) is 0 Å². The summed E-state index contributed by atoms with van der Waals surface area (Å²) in [5.74, 6) is 1.23. The first-order chi connectivity index (χ1) is 13.5. The molecule has 0 fully saturated rings. The molecule has 1 amide bonds. The van der Waals surface area contributed by atoms with Gasteiger partial charge in [-0.25, -0.2) is 0 Å². The molecule has 0 aliphatic carbocycles. The summed E-state index contributed by atoms with van der Waals surface area (Å²) in [6.45, 7) is 2.26. The van der Waals surface area contributed by atoms with E-state index in [1.165, 1.54) is 12.1 Å². The number of non-ortho nitro benzene ring substituents is 1. The van der Waals surface area contributed by atoms with Crippen molar-refractivity contribution < 1.29 is 18.9 Å². The molecule has 0 aliphatic heterocycles. The van der Waals surface area contributed by atoms with Crippen LogP contribution in [0.5, 0.6) is 5.75 Å². The highest BCUT2D eigenvalue weighted by molar-refractivity contribution is 5.93. The number of nitrogens with one attached hydrogen (secondary N) is 1. The number of nitrogens with zero attached hydrogens (tertiary/aromatic N) is 1. The molecular formula is C21H20N2O5. The number of carbonyl (C=O) groups is 1. The second kappa shape index (κ2) is 8.39. The van der Waals surface area contributed by atoms with Crippen molar-refractivity contribution in [1.29, 1.82) is 0 Å². The van der Waals surface area contributed by atoms with Gasteiger partial charge in [-0.15, -0.1) is 0 Å². The molecule has 0 aliphatic rings. The van der Waals surface area contributed by atoms with Gasteiger partial charge in [0.1, 0.15) is 11.5 Å². The van der Waals surface area contributed by atoms with E-state index in [4.69, 9.17) is 9.15 Å². The Balaban J connectivity index is 1.63. The van der Waals surface area contributed by atoms with Crippen LogP contribution in [-0.4, -0.2) is 24.5 Å². The van der Waals surface area contributed by atoms with Gasteiger partial charge in [0.25, 0.3) is 11.6 Å². The van der Waals surface area contributed by atoms with Gasteiger partial charge in [-0.3, -0.25) is 14.9 Å². The summed E-state index contributed by atoms with van der Waals surface area (Å²) in [5.41, 5.74) is 2.47. The number of nitro groups is 1. The van der Waals surface area contributed by atoms with Crippen LogP contribution in [0.1, 0.15) is 21.7 Å². The van der Waals surface area contributed by atoms with Gasteiger partial charge in [-0.2, -0.15) is 0 Å². The lowest BCUT2D eigenvalue weighted by Crippen LogP contribution is -2.25. The van der Waals surface area contributed by atoms with Gasteiger partial charge in [0, 0.05) is 29.8 Å². The molecule has 1 N–H and O–H groups in total. The summed E-state index contributed by atoms with van der Waals surface area (Å²) in [5, 5.41) is 13.6. The first-order valence-corrected chi connectivity index (χ1v) is 8.74. The molecule has 7 heteroatoms. The Morgan fingerprint density at radius 1 is 1.14 bits per heavy atom. The first-order valence-electron chi connectivity index (χ1n) is 8.74. The van der Waals surface area contributed by atoms with Gasteiger partial charge in [-0.05, 0) is 49.2 Å². The Kier molecular flexibility index (Phi) is 5.74. The maximum absolute atomic E-state index is 12.4. The largest absolute Gasteiger partial charge is 0.497 e. The predicted molar refractivity (Wildman–Crippen MR) is 105 cm³/mol. The van der Waals surface area contributed by atoms with Crippen molar-refractivity contribution in [3.8, 4) is 17.1 Å². The van der Waals surface area contributed by atoms with Crippen LogP contribution in [0.15, 0.2) is 59.0 Å². The smallest absolute Gasteiger partial charge is 0.287 e. The number of benzene rings is 2. The minimum Gasteiger partial charge on any atom is -0.497 e. The molecule has 144 valence electrons. The Labute approximate surface area is 162 Å². The molecule has 28 heavy (non-hydrogen) atoms. The molecule has 0 spiro atoms. The lowest BCUT2D eigenvalue weighted by atomic mass is 10.1. The summed E-state index contributed by atoms with van der Waals surface area (Å²) < 4.78 is 10.8. The average Bonchev–Trinajstić information content (AvgIpc) is 3.10. The topological polar surface area (TPSA) is 94.6 Å². The number of furan rings is 1. The Bertz CT molecular complexity index is 975. The van der Waals surface area contributed by atoms with Crippen LogP contribution in [0.2, 0.25) is 0 Å². The van der Waals surface area contributed by atoms with Crippen molar-refractivity contribution in [1.82, 2.24) is 5.32 Å². The number of hydrogen-bond donors (Lipinski definition) is 1. The molecular weight excluding hydrogens is 360 g/mol. The van der Waals surface area contributed by atoms with Gasteiger partial charge < -0.3 is 14.5 Å². The monoisotopic (exact) mass is 380 g/mol. The van der Waals surface area contributed by atoms with Gasteiger partial charge in [0.15, 0.2) is 5.76 Å². The summed E-state index contributed by atoms with van der Waals surface area (Å²) in [4.78, 5) is 22.7. The van der Waals surface area contributed by atoms with Crippen LogP contribution in [0.25, 0.3) is 11.3 Å². The number of aryl methyl sites for hydroxylation is 1. The van der Waals surface area contributed by atoms with E-state index in [0.29, 0.717) is 29.9 Å². The highest BCUT2D eigenvalue weighted by Crippen LogP contribution is 2.27. The number of nitro benzene ring substituents is 1. The minimum atomic E-state index is -0.459. The zero-order valence-electron chi connectivity index (χ0n) is 15.6. The van der Waals surface area contributed by atoms with E-state index >= 15 is 0 Å². The Morgan fingerprint density at radius 3 is 2.43 bits per heavy atom. The van der Waals surface area contributed by atoms with Crippen molar-refractivity contribution in [2.24, 2.45) is 0 Å². The lowest BCUT2D eigenvalue weighted by Gasteiger charge is -2.05. The number of methoxy groups -OCH3 is 1. The van der Waals surface area contributed by atoms with Crippen molar-refractivity contribution in [2.75, 3.05) is 13.7 Å². The number of ether oxygens (including phenoxy) is 1. The maximum Gasteiger partial charge on any atom is 0.287 e. The molecule has 7 nitrogen and oxygen atoms in total. The van der Waals surface area contributed by atoms with Crippen molar-refractivity contribution in [3.05, 3.63) is 81.6 Å². The van der Waals surface area contributed by atoms with E-state index < -0.39 is 4.92 Å². The summed E-state index contributed by atoms with van der Waals surface area (Å²) >= 11 is 0. The van der Waals surface area contributed by atoms with E-state index in [-0.39, 0.29) is 17.4 Å². The third-order valence-corrected chi connectivity index (χ3v) is 4.34. The lowest BCUT2D eigenvalue weighted by molar-refractivity contribution is -0.384. The van der Waals surface area contributed by atoms with Gasteiger partial charge in [-0.1, -0.05) is 12.1 Å². The second-order valence-corrected chi connectivity index (χ2v) is 6.28. The molecule has 2 aromatic carbocycles. The van der Waals surface area contributed by atoms with E-state index in [0.717, 1.165) is 11.3 Å². The zero-order chi connectivity index (χ0) is 20.1. The van der Waals surface area contributed by atoms with Crippen LogP contribution in [0, 0.1) is 17.0 Å². The Morgan fingerprint density at radius 2 is 1.82 bits per heavy atom. The Hall–Kier alpha value is -3.61. The van der Waals surface area contributed by atoms with E-state index in [2.05, 4.69) is 5.32 Å². The molecule has 1 aromatic heterocycles. The fraction of sp³-hybridized carbons (Fsp3) is 0.190. The third-order valence-electron chi connectivity index (χ3n) is 4.34. The number of amides is 1. The molecule has 0 atom stereocenters. The van der Waals surface area contributed by atoms with E-state index in [1.807, 2.05) is 24.3 Å². The molecule has 0 unspecified atom stereocenters. The SMILES string of the molecule is COc1ccc(CCNC(=O)c2oc(-c3ccc([N+](=O)[O-])cc3)cc2C)cc1. The maximum atomic E-state index is 12.4. The normalized spacial score (nSPS) is 10.5. The average molecular weight is 380 g/mol. The quantitative estimate of drug-likeness (QED) is 0.491. The summed E-state index contributed by atoms with van der Waals surface area (Å²) in [7, 11) is 1.62. The van der Waals surface area contributed by atoms with E-state index in [1.54, 1.807) is 32.2 Å². The zero-order valence-corrected chi connectivity index (χ0v) is 15.6. The van der Waals surface area contributed by atoms with Crippen LogP contribution in [0.4, 0.5) is 5.69 Å². The fourth-order valence-corrected chi connectivity index (χ4v) is 2.79. The van der Waals surface area contributed by atoms with Crippen LogP contribution in [-0.2, 0) is 6.42 Å².